The van der Waals surface area contributed by atoms with Crippen molar-refractivity contribution >= 4 is 10.9 Å². The van der Waals surface area contributed by atoms with Crippen molar-refractivity contribution in [1.29, 1.82) is 0 Å². The molecule has 0 radical (unpaired) electrons. The monoisotopic (exact) mass is 245 g/mol. The van der Waals surface area contributed by atoms with Gasteiger partial charge in [-0.15, -0.1) is 12.3 Å². The number of nitrogens with one attached hydrogen (secondary N) is 1. The summed E-state index contributed by atoms with van der Waals surface area (Å²) in [7, 11) is 1.72. The topological polar surface area (TPSA) is 25.0 Å². The van der Waals surface area contributed by atoms with Crippen molar-refractivity contribution in [3.05, 3.63) is 35.5 Å². The van der Waals surface area contributed by atoms with E-state index in [1.165, 1.54) is 22.0 Å². The highest BCUT2D eigenvalue weighted by atomic mass is 16.5. The smallest absolute Gasteiger partial charge is 0.0733 e. The van der Waals surface area contributed by atoms with Crippen molar-refractivity contribution in [2.75, 3.05) is 7.11 Å². The van der Waals surface area contributed by atoms with E-state index >= 15 is 0 Å². The van der Waals surface area contributed by atoms with Crippen LogP contribution in [0.3, 0.4) is 0 Å². The van der Waals surface area contributed by atoms with Crippen LogP contribution >= 0.6 is 0 Å². The van der Waals surface area contributed by atoms with Crippen LogP contribution in [0.2, 0.25) is 0 Å². The summed E-state index contributed by atoms with van der Waals surface area (Å²) in [5, 5.41) is 1.27. The van der Waals surface area contributed by atoms with Crippen LogP contribution in [0, 0.1) is 19.3 Å². The normalized spacial score (nSPS) is 8.67. The number of hydrogen-bond acceptors (Lipinski definition) is 1. The van der Waals surface area contributed by atoms with Crippen molar-refractivity contribution < 1.29 is 4.74 Å². The summed E-state index contributed by atoms with van der Waals surface area (Å²) in [4.78, 5) is 3.22. The maximum absolute atomic E-state index is 5.11. The molecule has 2 rings (SSSR count). The molecule has 1 N–H and O–H groups in total. The lowest BCUT2D eigenvalue weighted by Crippen LogP contribution is -1.84. The standard InChI is InChI=1S/C11H13NO.C3H4.C2H6/c1-8-3-4-11-10(5-8)9(6-12-11)7-13-2;1-3-2;1-2/h3-6,12H,7H2,1-2H3;1H,2H3;1-2H3. The van der Waals surface area contributed by atoms with E-state index < -0.39 is 0 Å². The maximum atomic E-state index is 5.11. The number of ether oxygens (including phenoxy) is 1. The fourth-order valence-electron chi connectivity index (χ4n) is 1.57. The molecule has 1 heterocycles. The molecule has 2 aromatic rings. The fraction of sp³-hybridized carbons (Fsp3) is 0.375. The predicted octanol–water partition coefficient (Wildman–Crippen LogP) is 4.29. The Kier molecular flexibility index (Phi) is 8.43. The number of aromatic nitrogens is 1. The van der Waals surface area contributed by atoms with Crippen molar-refractivity contribution in [2.45, 2.75) is 34.3 Å². The molecule has 0 amide bonds. The van der Waals surface area contributed by atoms with Gasteiger partial charge in [-0.1, -0.05) is 25.5 Å². The Morgan fingerprint density at radius 3 is 2.50 bits per heavy atom. The van der Waals surface area contributed by atoms with Crippen molar-refractivity contribution in [1.82, 2.24) is 4.98 Å². The first-order valence-electron chi connectivity index (χ1n) is 6.15. The van der Waals surface area contributed by atoms with E-state index in [1.807, 2.05) is 20.0 Å². The zero-order valence-corrected chi connectivity index (χ0v) is 12.0. The zero-order chi connectivity index (χ0) is 14.0. The average Bonchev–Trinajstić information content (AvgIpc) is 2.76. The van der Waals surface area contributed by atoms with Gasteiger partial charge in [-0.3, -0.25) is 0 Å². The first-order chi connectivity index (χ1) is 8.72. The number of fused-ring (bicyclic) bond motifs is 1. The molecule has 2 nitrogen and oxygen atoms in total. The first kappa shape index (κ1) is 16.3. The molecule has 0 saturated heterocycles. The summed E-state index contributed by atoms with van der Waals surface area (Å²) in [5.74, 6) is 2.25. The number of aryl methyl sites for hydroxylation is 1. The van der Waals surface area contributed by atoms with Crippen molar-refractivity contribution in [2.24, 2.45) is 0 Å². The summed E-state index contributed by atoms with van der Waals surface area (Å²) >= 11 is 0. The number of aromatic amines is 1. The molecule has 18 heavy (non-hydrogen) atoms. The quantitative estimate of drug-likeness (QED) is 0.784. The molecular weight excluding hydrogens is 222 g/mol. The number of methoxy groups -OCH3 is 1. The lowest BCUT2D eigenvalue weighted by molar-refractivity contribution is 0.186. The lowest BCUT2D eigenvalue weighted by atomic mass is 10.1. The number of terminal acetylenes is 1. The molecule has 0 saturated carbocycles. The molecule has 0 unspecified atom stereocenters. The van der Waals surface area contributed by atoms with E-state index in [9.17, 15) is 0 Å². The third-order valence-corrected chi connectivity index (χ3v) is 2.22. The predicted molar refractivity (Wildman–Crippen MR) is 79.6 cm³/mol. The van der Waals surface area contributed by atoms with Gasteiger partial charge in [0, 0.05) is 29.8 Å². The summed E-state index contributed by atoms with van der Waals surface area (Å²) in [6.45, 7) is 8.42. The van der Waals surface area contributed by atoms with E-state index in [1.54, 1.807) is 14.0 Å². The van der Waals surface area contributed by atoms with Gasteiger partial charge in [0.05, 0.1) is 6.61 Å². The second-order valence-electron chi connectivity index (χ2n) is 3.58. The molecule has 2 heteroatoms. The second-order valence-corrected chi connectivity index (χ2v) is 3.58. The van der Waals surface area contributed by atoms with Crippen LogP contribution in [-0.2, 0) is 11.3 Å². The van der Waals surface area contributed by atoms with Gasteiger partial charge in [0.2, 0.25) is 0 Å². The second kappa shape index (κ2) is 9.32. The Balaban J connectivity index is 0.000000509. The van der Waals surface area contributed by atoms with Gasteiger partial charge in [0.15, 0.2) is 0 Å². The van der Waals surface area contributed by atoms with E-state index in [0.717, 1.165) is 0 Å². The maximum Gasteiger partial charge on any atom is 0.0733 e. The Morgan fingerprint density at radius 1 is 1.33 bits per heavy atom. The van der Waals surface area contributed by atoms with Crippen LogP contribution in [0.4, 0.5) is 0 Å². The molecule has 0 aliphatic heterocycles. The van der Waals surface area contributed by atoms with Gasteiger partial charge < -0.3 is 9.72 Å². The molecule has 0 atom stereocenters. The summed E-state index contributed by atoms with van der Waals surface area (Å²) in [6, 6.07) is 6.39. The minimum Gasteiger partial charge on any atom is -0.380 e. The summed E-state index contributed by atoms with van der Waals surface area (Å²) < 4.78 is 5.11. The van der Waals surface area contributed by atoms with E-state index in [-0.39, 0.29) is 0 Å². The molecule has 0 aliphatic rings. The number of hydrogen-bond donors (Lipinski definition) is 1. The largest absolute Gasteiger partial charge is 0.380 e. The lowest BCUT2D eigenvalue weighted by Gasteiger charge is -1.97. The molecule has 0 bridgehead atoms. The number of benzene rings is 1. The van der Waals surface area contributed by atoms with Crippen LogP contribution in [0.25, 0.3) is 10.9 Å². The molecular formula is C16H23NO. The molecule has 0 spiro atoms. The molecule has 0 aliphatic carbocycles. The van der Waals surface area contributed by atoms with Crippen LogP contribution in [0.1, 0.15) is 31.9 Å². The van der Waals surface area contributed by atoms with Gasteiger partial charge in [-0.25, -0.2) is 0 Å². The van der Waals surface area contributed by atoms with E-state index in [0.29, 0.717) is 6.61 Å². The van der Waals surface area contributed by atoms with E-state index in [2.05, 4.69) is 42.5 Å². The Labute approximate surface area is 110 Å². The minimum absolute atomic E-state index is 0.670. The first-order valence-corrected chi connectivity index (χ1v) is 6.15. The van der Waals surface area contributed by atoms with Crippen LogP contribution < -0.4 is 0 Å². The number of H-pyrrole nitrogens is 1. The Hall–Kier alpha value is -1.72. The number of rotatable bonds is 2. The summed E-state index contributed by atoms with van der Waals surface area (Å²) in [6.07, 6.45) is 6.60. The van der Waals surface area contributed by atoms with E-state index in [4.69, 9.17) is 4.74 Å². The average molecular weight is 245 g/mol. The highest BCUT2D eigenvalue weighted by molar-refractivity contribution is 5.83. The molecule has 0 fully saturated rings. The SMILES string of the molecule is C#CC.CC.COCc1c[nH]c2ccc(C)cc12. The van der Waals surface area contributed by atoms with Gasteiger partial charge in [-0.05, 0) is 26.0 Å². The van der Waals surface area contributed by atoms with Crippen molar-refractivity contribution in [3.63, 3.8) is 0 Å². The minimum atomic E-state index is 0.670. The van der Waals surface area contributed by atoms with Crippen LogP contribution in [0.5, 0.6) is 0 Å². The van der Waals surface area contributed by atoms with Crippen LogP contribution in [0.15, 0.2) is 24.4 Å². The van der Waals surface area contributed by atoms with Gasteiger partial charge in [-0.2, -0.15) is 0 Å². The van der Waals surface area contributed by atoms with Gasteiger partial charge in [0.25, 0.3) is 0 Å². The molecule has 1 aromatic carbocycles. The summed E-state index contributed by atoms with van der Waals surface area (Å²) in [5.41, 5.74) is 3.68. The van der Waals surface area contributed by atoms with Crippen LogP contribution in [-0.4, -0.2) is 12.1 Å². The fourth-order valence-corrected chi connectivity index (χ4v) is 1.57. The van der Waals surface area contributed by atoms with Crippen molar-refractivity contribution in [3.8, 4) is 12.3 Å². The molecule has 1 aromatic heterocycles. The third-order valence-electron chi connectivity index (χ3n) is 2.22. The third kappa shape index (κ3) is 4.65. The Bertz CT molecular complexity index is 491. The zero-order valence-electron chi connectivity index (χ0n) is 12.0. The highest BCUT2D eigenvalue weighted by Gasteiger charge is 2.02. The molecule has 98 valence electrons. The Morgan fingerprint density at radius 2 is 1.94 bits per heavy atom. The van der Waals surface area contributed by atoms with Gasteiger partial charge >= 0.3 is 0 Å². The highest BCUT2D eigenvalue weighted by Crippen LogP contribution is 2.19. The van der Waals surface area contributed by atoms with Gasteiger partial charge in [0.1, 0.15) is 0 Å².